The number of aromatic hydroxyl groups is 1. The molecule has 2 aliphatic rings. The molecule has 4 unspecified atom stereocenters. The maximum absolute atomic E-state index is 11.8. The molecular formula is C46H81BN7O14. The maximum Gasteiger partial charge on any atom is 0.422 e. The van der Waals surface area contributed by atoms with Crippen molar-refractivity contribution in [2.75, 3.05) is 104 Å². The fourth-order valence-corrected chi connectivity index (χ4v) is 5.92. The summed E-state index contributed by atoms with van der Waals surface area (Å²) in [5.41, 5.74) is 7.88. The number of aliphatic hydroxyl groups is 2. The van der Waals surface area contributed by atoms with Crippen LogP contribution in [-0.4, -0.2) is 183 Å². The van der Waals surface area contributed by atoms with Gasteiger partial charge in [0.15, 0.2) is 0 Å². The summed E-state index contributed by atoms with van der Waals surface area (Å²) in [4.78, 5) is 37.6. The molecule has 4 atom stereocenters. The zero-order valence-corrected chi connectivity index (χ0v) is 40.7. The lowest BCUT2D eigenvalue weighted by Crippen LogP contribution is -2.42. The predicted octanol–water partition coefficient (Wildman–Crippen LogP) is 1.92. The standard InChI is InChI=1S/C21H36N4O6.C18H30N2O3.C7H15BNO5/c1-2-9-28-14-15-31-17-18(22)16-25(23)8-11-30-13-12-29-10-7-21(27)24-19-3-5-20(26)6-4-19;1-4-6-16-7-8-18(22)20(16)12-9-17(21)19-11-14-23-13-10-15(3)5-2;10-6-3-5(14-4-7(6)11)1-2-9(13)8-12/h3-6,16,26H,2,7-15,17,22-23H2,1H3,(H,24,27);6-8,15H,4-5,9-14H2,1-3H3,(H,19,21);5-7,10-13H,1-4H2/b18-16-;16-6-;. The third kappa shape index (κ3) is 31.8. The molecule has 0 aliphatic carbocycles. The summed E-state index contributed by atoms with van der Waals surface area (Å²) in [6.07, 6.45) is 10.6. The van der Waals surface area contributed by atoms with Gasteiger partial charge in [-0.15, -0.1) is 0 Å². The van der Waals surface area contributed by atoms with Crippen molar-refractivity contribution >= 4 is 31.0 Å². The summed E-state index contributed by atoms with van der Waals surface area (Å²) in [5.74, 6) is 6.41. The fourth-order valence-electron chi connectivity index (χ4n) is 5.92. The van der Waals surface area contributed by atoms with E-state index in [1.54, 1.807) is 35.4 Å². The van der Waals surface area contributed by atoms with E-state index in [9.17, 15) is 24.6 Å². The van der Waals surface area contributed by atoms with Crippen molar-refractivity contribution in [2.24, 2.45) is 17.5 Å². The number of hydrogen-bond donors (Lipinski definition) is 9. The maximum atomic E-state index is 11.8. The SMILES string of the molecule is CC/C=C1/C=CC(=O)N1CCC(=O)NCCOCCC(C)CC.CCCOCCOC/C(N)=C/N(N)CCOCCOCCC(=O)Nc1ccc(O)cc1.O[B]N(O)CCC1CC(O)C(O)CO1. The monoisotopic (exact) mass is 967 g/mol. The fraction of sp³-hybridized carbons (Fsp3) is 0.674. The number of rotatable bonds is 33. The van der Waals surface area contributed by atoms with E-state index in [0.717, 1.165) is 38.2 Å². The lowest BCUT2D eigenvalue weighted by Gasteiger charge is -2.30. The molecule has 11 N–H and O–H groups in total. The smallest absolute Gasteiger partial charge is 0.422 e. The zero-order valence-electron chi connectivity index (χ0n) is 40.7. The van der Waals surface area contributed by atoms with E-state index in [4.69, 9.17) is 55.3 Å². The highest BCUT2D eigenvalue weighted by atomic mass is 16.5. The zero-order chi connectivity index (χ0) is 50.4. The van der Waals surface area contributed by atoms with E-state index in [1.165, 1.54) is 23.6 Å². The number of nitrogens with one attached hydrogen (secondary N) is 2. The second-order valence-corrected chi connectivity index (χ2v) is 15.9. The number of nitrogens with zero attached hydrogens (tertiary/aromatic N) is 3. The van der Waals surface area contributed by atoms with Gasteiger partial charge in [-0.1, -0.05) is 40.2 Å². The number of hydrazine groups is 1. The lowest BCUT2D eigenvalue weighted by molar-refractivity contribution is -0.128. The first-order valence-corrected chi connectivity index (χ1v) is 23.5. The van der Waals surface area contributed by atoms with Gasteiger partial charge >= 0.3 is 7.62 Å². The van der Waals surface area contributed by atoms with Crippen LogP contribution in [0.15, 0.2) is 60.1 Å². The average molecular weight is 967 g/mol. The minimum absolute atomic E-state index is 0.0499. The topological polar surface area (TPSA) is 294 Å². The van der Waals surface area contributed by atoms with Crippen LogP contribution in [0.2, 0.25) is 0 Å². The number of hydroxylamine groups is 1. The van der Waals surface area contributed by atoms with Crippen molar-refractivity contribution in [3.8, 4) is 5.75 Å². The number of aliphatic hydroxyl groups excluding tert-OH is 2. The molecule has 1 aromatic carbocycles. The molecule has 1 radical (unpaired) electrons. The van der Waals surface area contributed by atoms with Gasteiger partial charge in [0.1, 0.15) is 11.9 Å². The van der Waals surface area contributed by atoms with E-state index in [-0.39, 0.29) is 55.8 Å². The van der Waals surface area contributed by atoms with Crippen LogP contribution in [0.3, 0.4) is 0 Å². The number of carbonyl (C=O) groups is 3. The summed E-state index contributed by atoms with van der Waals surface area (Å²) in [6, 6.07) is 6.27. The van der Waals surface area contributed by atoms with Gasteiger partial charge in [0.2, 0.25) is 11.8 Å². The first kappa shape index (κ1) is 61.9. The third-order valence-corrected chi connectivity index (χ3v) is 10.0. The summed E-state index contributed by atoms with van der Waals surface area (Å²) in [6.45, 7) is 15.0. The van der Waals surface area contributed by atoms with Gasteiger partial charge in [0.25, 0.3) is 5.91 Å². The van der Waals surface area contributed by atoms with E-state index in [2.05, 4.69) is 31.4 Å². The van der Waals surface area contributed by atoms with Gasteiger partial charge in [-0.3, -0.25) is 14.4 Å². The molecule has 1 aromatic rings. The Balaban J connectivity index is 0.000000547. The molecule has 22 heteroatoms. The molecule has 0 saturated carbocycles. The molecule has 387 valence electrons. The number of anilines is 1. The van der Waals surface area contributed by atoms with Crippen molar-refractivity contribution < 1.29 is 68.4 Å². The van der Waals surface area contributed by atoms with E-state index in [1.807, 2.05) is 13.0 Å². The summed E-state index contributed by atoms with van der Waals surface area (Å²) in [5, 5.41) is 51.9. The Morgan fingerprint density at radius 1 is 0.912 bits per heavy atom. The highest BCUT2D eigenvalue weighted by Crippen LogP contribution is 2.18. The first-order valence-electron chi connectivity index (χ1n) is 23.5. The second kappa shape index (κ2) is 39.7. The summed E-state index contributed by atoms with van der Waals surface area (Å²) < 4.78 is 32.2. The molecule has 1 saturated heterocycles. The van der Waals surface area contributed by atoms with Crippen LogP contribution in [0, 0.1) is 5.92 Å². The Morgan fingerprint density at radius 3 is 2.25 bits per heavy atom. The van der Waals surface area contributed by atoms with Crippen molar-refractivity contribution in [1.82, 2.24) is 20.2 Å². The molecule has 21 nitrogen and oxygen atoms in total. The number of ether oxygens (including phenoxy) is 6. The Morgan fingerprint density at radius 2 is 1.59 bits per heavy atom. The molecule has 68 heavy (non-hydrogen) atoms. The van der Waals surface area contributed by atoms with Crippen LogP contribution in [0.25, 0.3) is 0 Å². The highest BCUT2D eigenvalue weighted by molar-refractivity contribution is 6.20. The van der Waals surface area contributed by atoms with Crippen molar-refractivity contribution in [3.05, 3.63) is 60.1 Å². The minimum atomic E-state index is -0.819. The molecule has 2 aliphatic heterocycles. The molecule has 1 fully saturated rings. The Hall–Kier alpha value is -4.17. The van der Waals surface area contributed by atoms with Gasteiger partial charge in [0.05, 0.1) is 90.3 Å². The number of benzene rings is 1. The molecule has 0 spiro atoms. The average Bonchev–Trinajstić information content (AvgIpc) is 3.67. The van der Waals surface area contributed by atoms with Gasteiger partial charge in [0, 0.05) is 69.4 Å². The number of carbonyl (C=O) groups excluding carboxylic acids is 3. The molecule has 2 heterocycles. The molecular weight excluding hydrogens is 885 g/mol. The number of hydrogen-bond acceptors (Lipinski definition) is 18. The van der Waals surface area contributed by atoms with E-state index < -0.39 is 12.2 Å². The Kier molecular flexibility index (Phi) is 36.1. The van der Waals surface area contributed by atoms with Crippen molar-refractivity contribution in [3.63, 3.8) is 0 Å². The summed E-state index contributed by atoms with van der Waals surface area (Å²) >= 11 is 0. The molecule has 3 amide bonds. The van der Waals surface area contributed by atoms with Gasteiger partial charge < -0.3 is 80.2 Å². The predicted molar refractivity (Wildman–Crippen MR) is 257 cm³/mol. The van der Waals surface area contributed by atoms with E-state index in [0.29, 0.717) is 115 Å². The van der Waals surface area contributed by atoms with Gasteiger partial charge in [-0.25, -0.2) is 10.8 Å². The quantitative estimate of drug-likeness (QED) is 0.0160. The number of amides is 3. The number of nitrogens with two attached hydrogens (primary N) is 2. The number of phenols is 1. The summed E-state index contributed by atoms with van der Waals surface area (Å²) in [7, 11) is 0.564. The Labute approximate surface area is 403 Å². The highest BCUT2D eigenvalue weighted by Gasteiger charge is 2.28. The van der Waals surface area contributed by atoms with Gasteiger partial charge in [-0.2, -0.15) is 0 Å². The van der Waals surface area contributed by atoms with Crippen LogP contribution >= 0.6 is 0 Å². The number of phenolic OH excluding ortho intramolecular Hbond substituents is 1. The first-order chi connectivity index (χ1) is 32.7. The van der Waals surface area contributed by atoms with Crippen LogP contribution in [0.5, 0.6) is 5.75 Å². The van der Waals surface area contributed by atoms with Crippen LogP contribution in [0.1, 0.15) is 79.1 Å². The van der Waals surface area contributed by atoms with E-state index >= 15 is 0 Å². The van der Waals surface area contributed by atoms with Gasteiger partial charge in [-0.05, 0) is 61.9 Å². The largest absolute Gasteiger partial charge is 0.508 e. The number of allylic oxidation sites excluding steroid dienone is 2. The molecule has 0 bridgehead atoms. The third-order valence-electron chi connectivity index (χ3n) is 10.0. The van der Waals surface area contributed by atoms with Crippen LogP contribution in [0.4, 0.5) is 5.69 Å². The van der Waals surface area contributed by atoms with Crippen LogP contribution in [-0.2, 0) is 42.8 Å². The van der Waals surface area contributed by atoms with Crippen molar-refractivity contribution in [1.29, 1.82) is 0 Å². The Bertz CT molecular complexity index is 1580. The lowest BCUT2D eigenvalue weighted by atomic mass is 10.0. The second-order valence-electron chi connectivity index (χ2n) is 15.9. The molecule has 3 rings (SSSR count). The van der Waals surface area contributed by atoms with Crippen LogP contribution < -0.4 is 22.2 Å². The normalized spacial score (nSPS) is 17.9. The molecule has 0 aromatic heterocycles. The minimum Gasteiger partial charge on any atom is -0.508 e. The van der Waals surface area contributed by atoms with Crippen molar-refractivity contribution in [2.45, 2.75) is 97.4 Å².